The quantitative estimate of drug-likeness (QED) is 0.509. The number of benzene rings is 2. The summed E-state index contributed by atoms with van der Waals surface area (Å²) in [6, 6.07) is 14.9. The van der Waals surface area contributed by atoms with Crippen LogP contribution >= 0.6 is 0 Å². The molecule has 0 aliphatic heterocycles. The van der Waals surface area contributed by atoms with Gasteiger partial charge in [-0.3, -0.25) is 19.7 Å². The van der Waals surface area contributed by atoms with Crippen LogP contribution in [0, 0.1) is 10.1 Å². The lowest BCUT2D eigenvalue weighted by Crippen LogP contribution is -2.37. The number of rotatable bonds is 9. The second kappa shape index (κ2) is 10.2. The third-order valence-electron chi connectivity index (χ3n) is 4.06. The van der Waals surface area contributed by atoms with Crippen molar-refractivity contribution in [2.45, 2.75) is 12.5 Å². The van der Waals surface area contributed by atoms with Crippen molar-refractivity contribution in [3.63, 3.8) is 0 Å². The van der Waals surface area contributed by atoms with E-state index >= 15 is 0 Å². The normalized spacial score (nSPS) is 11.7. The molecule has 2 aromatic carbocycles. The fourth-order valence-electron chi connectivity index (χ4n) is 2.68. The van der Waals surface area contributed by atoms with Crippen molar-refractivity contribution in [2.75, 3.05) is 27.2 Å². The molecule has 0 radical (unpaired) electrons. The van der Waals surface area contributed by atoms with Crippen LogP contribution in [0.4, 0.5) is 5.69 Å². The summed E-state index contributed by atoms with van der Waals surface area (Å²) in [7, 11) is 3.87. The summed E-state index contributed by atoms with van der Waals surface area (Å²) in [5.74, 6) is -0.546. The molecule has 0 unspecified atom stereocenters. The van der Waals surface area contributed by atoms with Crippen LogP contribution in [0.15, 0.2) is 54.6 Å². The Balaban J connectivity index is 1.85. The molecule has 28 heavy (non-hydrogen) atoms. The molecule has 8 nitrogen and oxygen atoms in total. The predicted octanol–water partition coefficient (Wildman–Crippen LogP) is 2.13. The molecule has 2 N–H and O–H groups in total. The van der Waals surface area contributed by atoms with Crippen LogP contribution in [0.2, 0.25) is 0 Å². The Morgan fingerprint density at radius 1 is 1.07 bits per heavy atom. The second-order valence-electron chi connectivity index (χ2n) is 6.60. The number of non-ortho nitro benzene ring substituents is 1. The van der Waals surface area contributed by atoms with Gasteiger partial charge < -0.3 is 15.5 Å². The van der Waals surface area contributed by atoms with Crippen LogP contribution in [0.3, 0.4) is 0 Å². The minimum atomic E-state index is -0.525. The third-order valence-corrected chi connectivity index (χ3v) is 4.06. The van der Waals surface area contributed by atoms with Gasteiger partial charge in [0.2, 0.25) is 5.91 Å². The van der Waals surface area contributed by atoms with Crippen molar-refractivity contribution in [3.05, 3.63) is 75.8 Å². The summed E-state index contributed by atoms with van der Waals surface area (Å²) in [5, 5.41) is 16.3. The van der Waals surface area contributed by atoms with Gasteiger partial charge in [-0.2, -0.15) is 0 Å². The van der Waals surface area contributed by atoms with Gasteiger partial charge in [0.1, 0.15) is 0 Å². The average molecular weight is 384 g/mol. The van der Waals surface area contributed by atoms with E-state index in [1.807, 2.05) is 49.3 Å². The van der Waals surface area contributed by atoms with Crippen LogP contribution < -0.4 is 10.6 Å². The monoisotopic (exact) mass is 384 g/mol. The summed E-state index contributed by atoms with van der Waals surface area (Å²) in [6.45, 7) is 0.829. The van der Waals surface area contributed by atoms with Crippen molar-refractivity contribution in [1.82, 2.24) is 15.5 Å². The first-order valence-corrected chi connectivity index (χ1v) is 8.88. The van der Waals surface area contributed by atoms with E-state index in [2.05, 4.69) is 10.6 Å². The summed E-state index contributed by atoms with van der Waals surface area (Å²) in [6.07, 6.45) is 0.134. The first-order chi connectivity index (χ1) is 13.4. The van der Waals surface area contributed by atoms with E-state index in [0.717, 1.165) is 5.56 Å². The number of hydrogen-bond acceptors (Lipinski definition) is 5. The highest BCUT2D eigenvalue weighted by Crippen LogP contribution is 2.14. The number of amides is 2. The Labute approximate surface area is 163 Å². The van der Waals surface area contributed by atoms with Gasteiger partial charge in [-0.05, 0) is 31.8 Å². The fourth-order valence-corrected chi connectivity index (χ4v) is 2.68. The van der Waals surface area contributed by atoms with E-state index in [9.17, 15) is 19.7 Å². The Hall–Kier alpha value is -3.26. The van der Waals surface area contributed by atoms with Gasteiger partial charge in [-0.1, -0.05) is 30.3 Å². The highest BCUT2D eigenvalue weighted by molar-refractivity contribution is 5.94. The van der Waals surface area contributed by atoms with Crippen molar-refractivity contribution >= 4 is 17.5 Å². The summed E-state index contributed by atoms with van der Waals surface area (Å²) >= 11 is 0. The summed E-state index contributed by atoms with van der Waals surface area (Å²) < 4.78 is 0. The fraction of sp³-hybridized carbons (Fsp3) is 0.300. The molecule has 0 spiro atoms. The maximum atomic E-state index is 12.3. The molecule has 148 valence electrons. The van der Waals surface area contributed by atoms with Crippen LogP contribution in [-0.4, -0.2) is 48.8 Å². The first-order valence-electron chi connectivity index (χ1n) is 8.88. The van der Waals surface area contributed by atoms with E-state index in [1.54, 1.807) is 0 Å². The molecule has 2 rings (SSSR count). The molecule has 0 saturated heterocycles. The molecule has 0 fully saturated rings. The van der Waals surface area contributed by atoms with Crippen LogP contribution in [0.25, 0.3) is 0 Å². The van der Waals surface area contributed by atoms with Gasteiger partial charge in [0.15, 0.2) is 0 Å². The smallest absolute Gasteiger partial charge is 0.269 e. The van der Waals surface area contributed by atoms with Crippen LogP contribution in [0.5, 0.6) is 0 Å². The van der Waals surface area contributed by atoms with Crippen molar-refractivity contribution in [2.24, 2.45) is 0 Å². The highest BCUT2D eigenvalue weighted by atomic mass is 16.6. The van der Waals surface area contributed by atoms with E-state index in [0.29, 0.717) is 12.1 Å². The zero-order chi connectivity index (χ0) is 20.5. The highest BCUT2D eigenvalue weighted by Gasteiger charge is 2.16. The Kier molecular flexibility index (Phi) is 7.65. The Bertz CT molecular complexity index is 807. The van der Waals surface area contributed by atoms with E-state index in [4.69, 9.17) is 0 Å². The standard InChI is InChI=1S/C20H24N4O4/c1-23(2)14-18(15-6-4-3-5-7-15)22-19(25)12-13-21-20(26)16-8-10-17(11-9-16)24(27)28/h3-11,18H,12-14H2,1-2H3,(H,21,26)(H,22,25)/t18-/m0/s1. The second-order valence-corrected chi connectivity index (χ2v) is 6.60. The number of likely N-dealkylation sites (N-methyl/N-ethyl adjacent to an activating group) is 1. The van der Waals surface area contributed by atoms with Gasteiger partial charge in [0.25, 0.3) is 11.6 Å². The SMILES string of the molecule is CN(C)C[C@H](NC(=O)CCNC(=O)c1ccc([N+](=O)[O-])cc1)c1ccccc1. The van der Waals surface area contributed by atoms with E-state index in [-0.39, 0.29) is 36.5 Å². The topological polar surface area (TPSA) is 105 Å². The van der Waals surface area contributed by atoms with Crippen molar-refractivity contribution in [3.8, 4) is 0 Å². The molecule has 8 heteroatoms. The zero-order valence-corrected chi connectivity index (χ0v) is 15.9. The predicted molar refractivity (Wildman–Crippen MR) is 106 cm³/mol. The van der Waals surface area contributed by atoms with Crippen molar-refractivity contribution in [1.29, 1.82) is 0 Å². The zero-order valence-electron chi connectivity index (χ0n) is 15.9. The number of carbonyl (C=O) groups excluding carboxylic acids is 2. The molecule has 1 atom stereocenters. The average Bonchev–Trinajstić information content (AvgIpc) is 2.67. The maximum Gasteiger partial charge on any atom is 0.269 e. The maximum absolute atomic E-state index is 12.3. The lowest BCUT2D eigenvalue weighted by molar-refractivity contribution is -0.384. The number of carbonyl (C=O) groups is 2. The van der Waals surface area contributed by atoms with Gasteiger partial charge in [0.05, 0.1) is 11.0 Å². The molecular formula is C20H24N4O4. The van der Waals surface area contributed by atoms with Gasteiger partial charge in [-0.25, -0.2) is 0 Å². The molecule has 0 saturated carbocycles. The van der Waals surface area contributed by atoms with Crippen LogP contribution in [-0.2, 0) is 4.79 Å². The number of nitrogens with zero attached hydrogens (tertiary/aromatic N) is 2. The Morgan fingerprint density at radius 2 is 1.71 bits per heavy atom. The molecule has 2 amide bonds. The first kappa shape index (κ1) is 21.0. The third kappa shape index (κ3) is 6.48. The molecule has 0 aliphatic carbocycles. The number of nitrogens with one attached hydrogen (secondary N) is 2. The number of nitro groups is 1. The molecule has 0 aliphatic rings. The van der Waals surface area contributed by atoms with Gasteiger partial charge >= 0.3 is 0 Å². The lowest BCUT2D eigenvalue weighted by atomic mass is 10.1. The largest absolute Gasteiger partial charge is 0.352 e. The molecule has 2 aromatic rings. The Morgan fingerprint density at radius 3 is 2.29 bits per heavy atom. The minimum absolute atomic E-state index is 0.0798. The van der Waals surface area contributed by atoms with Gasteiger partial charge in [-0.15, -0.1) is 0 Å². The minimum Gasteiger partial charge on any atom is -0.352 e. The summed E-state index contributed by atoms with van der Waals surface area (Å²) in [4.78, 5) is 36.5. The van der Waals surface area contributed by atoms with Gasteiger partial charge in [0, 0.05) is 37.2 Å². The molecule has 0 bridgehead atoms. The molecular weight excluding hydrogens is 360 g/mol. The van der Waals surface area contributed by atoms with E-state index < -0.39 is 4.92 Å². The molecule has 0 aromatic heterocycles. The molecule has 0 heterocycles. The number of hydrogen-bond donors (Lipinski definition) is 2. The summed E-state index contributed by atoms with van der Waals surface area (Å²) in [5.41, 5.74) is 1.24. The van der Waals surface area contributed by atoms with Crippen molar-refractivity contribution < 1.29 is 14.5 Å². The van der Waals surface area contributed by atoms with Crippen LogP contribution in [0.1, 0.15) is 28.4 Å². The number of nitro benzene ring substituents is 1. The lowest BCUT2D eigenvalue weighted by Gasteiger charge is -2.23. The van der Waals surface area contributed by atoms with E-state index in [1.165, 1.54) is 24.3 Å².